The fourth-order valence-corrected chi connectivity index (χ4v) is 4.29. The SMILES string of the molecule is Cc1ccccc1-n1nnnc1SCCS(=O)(=O)Oc1ccccc1. The minimum Gasteiger partial charge on any atom is -0.382 e. The number of nitrogens with zero attached hydrogens (tertiary/aromatic N) is 4. The predicted octanol–water partition coefficient (Wildman–Crippen LogP) is 2.47. The summed E-state index contributed by atoms with van der Waals surface area (Å²) in [6, 6.07) is 16.1. The van der Waals surface area contributed by atoms with Gasteiger partial charge >= 0.3 is 10.1 Å². The zero-order chi connectivity index (χ0) is 17.7. The fraction of sp³-hybridized carbons (Fsp3) is 0.188. The van der Waals surface area contributed by atoms with Gasteiger partial charge in [0.2, 0.25) is 5.16 Å². The second-order valence-electron chi connectivity index (χ2n) is 5.17. The first-order valence-corrected chi connectivity index (χ1v) is 10.1. The summed E-state index contributed by atoms with van der Waals surface area (Å²) in [5.41, 5.74) is 1.88. The normalized spacial score (nSPS) is 11.4. The topological polar surface area (TPSA) is 87.0 Å². The van der Waals surface area contributed by atoms with Crippen molar-refractivity contribution in [2.45, 2.75) is 12.1 Å². The first-order chi connectivity index (χ1) is 12.1. The van der Waals surface area contributed by atoms with Crippen LogP contribution in [-0.2, 0) is 10.1 Å². The summed E-state index contributed by atoms with van der Waals surface area (Å²) in [5, 5.41) is 12.2. The lowest BCUT2D eigenvalue weighted by Gasteiger charge is -2.08. The van der Waals surface area contributed by atoms with Crippen molar-refractivity contribution in [2.75, 3.05) is 11.5 Å². The molecule has 0 aliphatic carbocycles. The number of para-hydroxylation sites is 2. The first-order valence-electron chi connectivity index (χ1n) is 7.49. The van der Waals surface area contributed by atoms with Crippen molar-refractivity contribution in [3.63, 3.8) is 0 Å². The smallest absolute Gasteiger partial charge is 0.310 e. The molecule has 0 saturated heterocycles. The van der Waals surface area contributed by atoms with Gasteiger partial charge in [-0.15, -0.1) is 5.10 Å². The molecule has 0 amide bonds. The molecule has 1 aromatic heterocycles. The van der Waals surface area contributed by atoms with Gasteiger partial charge in [-0.1, -0.05) is 48.2 Å². The quantitative estimate of drug-likeness (QED) is 0.462. The molecule has 3 rings (SSSR count). The van der Waals surface area contributed by atoms with Crippen molar-refractivity contribution in [1.29, 1.82) is 0 Å². The number of aromatic nitrogens is 4. The van der Waals surface area contributed by atoms with Crippen LogP contribution in [0.2, 0.25) is 0 Å². The molecule has 0 aliphatic rings. The molecule has 7 nitrogen and oxygen atoms in total. The van der Waals surface area contributed by atoms with Crippen LogP contribution in [0.25, 0.3) is 5.69 Å². The fourth-order valence-electron chi connectivity index (χ4n) is 2.12. The third kappa shape index (κ3) is 4.58. The number of benzene rings is 2. The van der Waals surface area contributed by atoms with Crippen molar-refractivity contribution in [2.24, 2.45) is 0 Å². The Labute approximate surface area is 150 Å². The molecule has 2 aromatic carbocycles. The van der Waals surface area contributed by atoms with Crippen molar-refractivity contribution in [3.05, 3.63) is 60.2 Å². The lowest BCUT2D eigenvalue weighted by atomic mass is 10.2. The molecule has 0 saturated carbocycles. The summed E-state index contributed by atoms with van der Waals surface area (Å²) in [7, 11) is -3.67. The Morgan fingerprint density at radius 1 is 1.08 bits per heavy atom. The molecule has 0 spiro atoms. The maximum Gasteiger partial charge on any atom is 0.310 e. The van der Waals surface area contributed by atoms with Gasteiger partial charge in [-0.3, -0.25) is 0 Å². The van der Waals surface area contributed by atoms with Crippen LogP contribution >= 0.6 is 11.8 Å². The van der Waals surface area contributed by atoms with E-state index in [2.05, 4.69) is 15.5 Å². The minimum absolute atomic E-state index is 0.146. The number of thioether (sulfide) groups is 1. The van der Waals surface area contributed by atoms with Crippen LogP contribution in [0.15, 0.2) is 59.8 Å². The third-order valence-corrected chi connectivity index (χ3v) is 5.65. The van der Waals surface area contributed by atoms with Gasteiger partial charge in [-0.25, -0.2) is 0 Å². The minimum atomic E-state index is -3.67. The van der Waals surface area contributed by atoms with Crippen LogP contribution in [0, 0.1) is 6.92 Å². The van der Waals surface area contributed by atoms with Crippen LogP contribution < -0.4 is 4.18 Å². The Kier molecular flexibility index (Phi) is 5.34. The van der Waals surface area contributed by atoms with E-state index in [1.165, 1.54) is 11.8 Å². The standard InChI is InChI=1S/C16H16N4O3S2/c1-13-7-5-6-10-15(13)20-16(17-18-19-20)24-11-12-25(21,22)23-14-8-3-2-4-9-14/h2-10H,11-12H2,1H3. The molecule has 9 heteroatoms. The van der Waals surface area contributed by atoms with Gasteiger partial charge in [0.1, 0.15) is 5.75 Å². The number of hydrogen-bond acceptors (Lipinski definition) is 7. The number of rotatable bonds is 7. The van der Waals surface area contributed by atoms with Gasteiger partial charge < -0.3 is 4.18 Å². The van der Waals surface area contributed by atoms with Crippen molar-refractivity contribution in [3.8, 4) is 11.4 Å². The largest absolute Gasteiger partial charge is 0.382 e. The molecule has 1 heterocycles. The lowest BCUT2D eigenvalue weighted by Crippen LogP contribution is -2.15. The summed E-state index contributed by atoms with van der Waals surface area (Å²) >= 11 is 1.26. The van der Waals surface area contributed by atoms with Crippen molar-refractivity contribution < 1.29 is 12.6 Å². The van der Waals surface area contributed by atoms with E-state index in [1.807, 2.05) is 31.2 Å². The maximum absolute atomic E-state index is 12.0. The van der Waals surface area contributed by atoms with E-state index in [0.29, 0.717) is 10.9 Å². The number of hydrogen-bond donors (Lipinski definition) is 0. The molecule has 0 N–H and O–H groups in total. The van der Waals surface area contributed by atoms with Gasteiger partial charge in [0.15, 0.2) is 0 Å². The van der Waals surface area contributed by atoms with Crippen LogP contribution in [0.3, 0.4) is 0 Å². The van der Waals surface area contributed by atoms with Crippen molar-refractivity contribution in [1.82, 2.24) is 20.2 Å². The molecular weight excluding hydrogens is 360 g/mol. The summed E-state index contributed by atoms with van der Waals surface area (Å²) in [6.45, 7) is 1.96. The van der Waals surface area contributed by atoms with E-state index in [-0.39, 0.29) is 11.5 Å². The summed E-state index contributed by atoms with van der Waals surface area (Å²) in [5.74, 6) is 0.437. The van der Waals surface area contributed by atoms with Crippen LogP contribution in [0.1, 0.15) is 5.56 Å². The zero-order valence-electron chi connectivity index (χ0n) is 13.4. The highest BCUT2D eigenvalue weighted by atomic mass is 32.2. The molecule has 0 aliphatic heterocycles. The van der Waals surface area contributed by atoms with Gasteiger partial charge in [0.25, 0.3) is 0 Å². The molecule has 0 radical (unpaired) electrons. The highest BCUT2D eigenvalue weighted by molar-refractivity contribution is 8.00. The van der Waals surface area contributed by atoms with E-state index < -0.39 is 10.1 Å². The first kappa shape index (κ1) is 17.4. The van der Waals surface area contributed by atoms with Gasteiger partial charge in [0.05, 0.1) is 11.4 Å². The molecule has 0 bridgehead atoms. The summed E-state index contributed by atoms with van der Waals surface area (Å²) in [6.07, 6.45) is 0. The van der Waals surface area contributed by atoms with Crippen LogP contribution in [0.4, 0.5) is 0 Å². The maximum atomic E-state index is 12.0. The molecule has 25 heavy (non-hydrogen) atoms. The summed E-state index contributed by atoms with van der Waals surface area (Å²) in [4.78, 5) is 0. The van der Waals surface area contributed by atoms with E-state index in [1.54, 1.807) is 35.0 Å². The lowest BCUT2D eigenvalue weighted by molar-refractivity contribution is 0.488. The number of aryl methyl sites for hydroxylation is 1. The van der Waals surface area contributed by atoms with Gasteiger partial charge in [0, 0.05) is 5.75 Å². The Hall–Kier alpha value is -2.39. The second kappa shape index (κ2) is 7.66. The highest BCUT2D eigenvalue weighted by Gasteiger charge is 2.16. The van der Waals surface area contributed by atoms with E-state index in [9.17, 15) is 8.42 Å². The zero-order valence-corrected chi connectivity index (χ0v) is 15.1. The summed E-state index contributed by atoms with van der Waals surface area (Å²) < 4.78 is 30.7. The Morgan fingerprint density at radius 3 is 2.56 bits per heavy atom. The number of tetrazole rings is 1. The van der Waals surface area contributed by atoms with E-state index in [4.69, 9.17) is 4.18 Å². The van der Waals surface area contributed by atoms with Crippen molar-refractivity contribution >= 4 is 21.9 Å². The Balaban J connectivity index is 1.64. The van der Waals surface area contributed by atoms with Crippen LogP contribution in [-0.4, -0.2) is 40.1 Å². The van der Waals surface area contributed by atoms with Gasteiger partial charge in [-0.05, 0) is 41.1 Å². The third-order valence-electron chi connectivity index (χ3n) is 3.32. The molecule has 130 valence electrons. The van der Waals surface area contributed by atoms with E-state index in [0.717, 1.165) is 11.3 Å². The molecule has 0 atom stereocenters. The second-order valence-corrected chi connectivity index (χ2v) is 7.92. The Bertz CT molecular complexity index is 943. The average molecular weight is 376 g/mol. The molecule has 3 aromatic rings. The van der Waals surface area contributed by atoms with Crippen LogP contribution in [0.5, 0.6) is 5.75 Å². The highest BCUT2D eigenvalue weighted by Crippen LogP contribution is 2.21. The monoisotopic (exact) mass is 376 g/mol. The Morgan fingerprint density at radius 2 is 1.80 bits per heavy atom. The molecular formula is C16H16N4O3S2. The molecule has 0 fully saturated rings. The van der Waals surface area contributed by atoms with E-state index >= 15 is 0 Å². The van der Waals surface area contributed by atoms with Gasteiger partial charge in [-0.2, -0.15) is 13.1 Å². The predicted molar refractivity (Wildman–Crippen MR) is 95.5 cm³/mol. The average Bonchev–Trinajstić information content (AvgIpc) is 3.04. The molecule has 0 unspecified atom stereocenters.